The van der Waals surface area contributed by atoms with E-state index in [1.807, 2.05) is 69.3 Å². The number of amides is 1. The highest BCUT2D eigenvalue weighted by Crippen LogP contribution is 2.39. The second-order valence-electron chi connectivity index (χ2n) is 7.26. The summed E-state index contributed by atoms with van der Waals surface area (Å²) < 4.78 is 12.9. The maximum absolute atomic E-state index is 12.7. The summed E-state index contributed by atoms with van der Waals surface area (Å²) in [5.41, 5.74) is 3.14. The molecule has 0 aliphatic carbocycles. The molecule has 2 aromatic carbocycles. The summed E-state index contributed by atoms with van der Waals surface area (Å²) in [5.74, 6) is 0.921. The number of hydrogen-bond acceptors (Lipinski definition) is 3. The van der Waals surface area contributed by atoms with Crippen LogP contribution in [0.5, 0.6) is 5.75 Å². The molecule has 0 bridgehead atoms. The molecule has 0 spiro atoms. The van der Waals surface area contributed by atoms with Crippen molar-refractivity contribution in [3.63, 3.8) is 0 Å². The van der Waals surface area contributed by atoms with Crippen molar-refractivity contribution in [1.29, 1.82) is 0 Å². The average molecular weight is 426 g/mol. The first-order valence-corrected chi connectivity index (χ1v) is 9.60. The minimum absolute atomic E-state index is 0.224. The predicted molar refractivity (Wildman–Crippen MR) is 110 cm³/mol. The second kappa shape index (κ2) is 6.57. The van der Waals surface area contributed by atoms with Crippen molar-refractivity contribution in [2.45, 2.75) is 32.9 Å². The van der Waals surface area contributed by atoms with Gasteiger partial charge in [0, 0.05) is 27.5 Å². The quantitative estimate of drug-likeness (QED) is 0.592. The SMILES string of the molecule is Cc1c(C(=O)NCc2cccc(Br)c2)oc2ccc3c(c12)C=CC(C)(C)O3. The van der Waals surface area contributed by atoms with Crippen molar-refractivity contribution in [3.8, 4) is 5.75 Å². The molecule has 138 valence electrons. The van der Waals surface area contributed by atoms with E-state index in [0.717, 1.165) is 32.3 Å². The molecule has 2 heterocycles. The van der Waals surface area contributed by atoms with Crippen molar-refractivity contribution in [3.05, 3.63) is 69.4 Å². The standard InChI is InChI=1S/C22H20BrNO3/c1-13-19-16-9-10-22(2,3)27-17(16)7-8-18(19)26-20(13)21(25)24-12-14-5-4-6-15(23)11-14/h4-11H,12H2,1-3H3,(H,24,25). The molecule has 0 atom stereocenters. The van der Waals surface area contributed by atoms with Gasteiger partial charge in [0.2, 0.25) is 0 Å². The normalized spacial score (nSPS) is 14.7. The first kappa shape index (κ1) is 17.9. The number of carbonyl (C=O) groups is 1. The molecule has 5 heteroatoms. The highest BCUT2D eigenvalue weighted by molar-refractivity contribution is 9.10. The van der Waals surface area contributed by atoms with Crippen LogP contribution in [-0.2, 0) is 6.54 Å². The van der Waals surface area contributed by atoms with Crippen molar-refractivity contribution in [2.24, 2.45) is 0 Å². The van der Waals surface area contributed by atoms with Crippen molar-refractivity contribution < 1.29 is 13.9 Å². The molecule has 1 amide bonds. The van der Waals surface area contributed by atoms with Crippen LogP contribution in [0.4, 0.5) is 0 Å². The van der Waals surface area contributed by atoms with Gasteiger partial charge in [0.1, 0.15) is 16.9 Å². The summed E-state index contributed by atoms with van der Waals surface area (Å²) in [4.78, 5) is 12.7. The first-order chi connectivity index (χ1) is 12.8. The van der Waals surface area contributed by atoms with E-state index in [4.69, 9.17) is 9.15 Å². The minimum atomic E-state index is -0.345. The van der Waals surface area contributed by atoms with Gasteiger partial charge in [0.25, 0.3) is 5.91 Å². The Morgan fingerprint density at radius 1 is 1.22 bits per heavy atom. The van der Waals surface area contributed by atoms with Crippen LogP contribution in [0.15, 0.2) is 51.4 Å². The van der Waals surface area contributed by atoms with Gasteiger partial charge in [0.15, 0.2) is 5.76 Å². The van der Waals surface area contributed by atoms with Crippen LogP contribution < -0.4 is 10.1 Å². The van der Waals surface area contributed by atoms with Crippen LogP contribution in [-0.4, -0.2) is 11.5 Å². The molecular formula is C22H20BrNO3. The van der Waals surface area contributed by atoms with Gasteiger partial charge < -0.3 is 14.5 Å². The van der Waals surface area contributed by atoms with E-state index in [-0.39, 0.29) is 11.5 Å². The third-order valence-electron chi connectivity index (χ3n) is 4.67. The van der Waals surface area contributed by atoms with Crippen molar-refractivity contribution in [1.82, 2.24) is 5.32 Å². The Balaban J connectivity index is 1.65. The predicted octanol–water partition coefficient (Wildman–Crippen LogP) is 5.62. The average Bonchev–Trinajstić information content (AvgIpc) is 2.96. The Bertz CT molecular complexity index is 1080. The fraction of sp³-hybridized carbons (Fsp3) is 0.227. The third-order valence-corrected chi connectivity index (χ3v) is 5.16. The van der Waals surface area contributed by atoms with Crippen LogP contribution in [0.3, 0.4) is 0 Å². The van der Waals surface area contributed by atoms with Crippen LogP contribution in [0.1, 0.15) is 41.1 Å². The number of fused-ring (bicyclic) bond motifs is 3. The zero-order valence-corrected chi connectivity index (χ0v) is 17.0. The molecular weight excluding hydrogens is 406 g/mol. The lowest BCUT2D eigenvalue weighted by atomic mass is 9.98. The van der Waals surface area contributed by atoms with E-state index in [9.17, 15) is 4.79 Å². The number of furan rings is 1. The lowest BCUT2D eigenvalue weighted by Crippen LogP contribution is -2.27. The topological polar surface area (TPSA) is 51.5 Å². The van der Waals surface area contributed by atoms with E-state index < -0.39 is 0 Å². The molecule has 0 fully saturated rings. The van der Waals surface area contributed by atoms with Crippen molar-refractivity contribution >= 4 is 38.9 Å². The van der Waals surface area contributed by atoms with E-state index in [1.54, 1.807) is 0 Å². The maximum atomic E-state index is 12.7. The molecule has 3 aromatic rings. The number of halogens is 1. The fourth-order valence-electron chi connectivity index (χ4n) is 3.33. The van der Waals surface area contributed by atoms with Gasteiger partial charge in [-0.3, -0.25) is 4.79 Å². The summed E-state index contributed by atoms with van der Waals surface area (Å²) in [6, 6.07) is 11.6. The van der Waals surface area contributed by atoms with E-state index >= 15 is 0 Å². The van der Waals surface area contributed by atoms with Gasteiger partial charge >= 0.3 is 0 Å². The number of ether oxygens (including phenoxy) is 1. The van der Waals surface area contributed by atoms with Crippen LogP contribution in [0.25, 0.3) is 17.0 Å². The van der Waals surface area contributed by atoms with Gasteiger partial charge in [-0.15, -0.1) is 0 Å². The van der Waals surface area contributed by atoms with Crippen LogP contribution >= 0.6 is 15.9 Å². The molecule has 0 radical (unpaired) electrons. The smallest absolute Gasteiger partial charge is 0.287 e. The van der Waals surface area contributed by atoms with Gasteiger partial charge in [-0.2, -0.15) is 0 Å². The monoisotopic (exact) mass is 425 g/mol. The Hall–Kier alpha value is -2.53. The molecule has 0 unspecified atom stereocenters. The zero-order valence-electron chi connectivity index (χ0n) is 15.4. The van der Waals surface area contributed by atoms with Crippen LogP contribution in [0.2, 0.25) is 0 Å². The number of nitrogens with one attached hydrogen (secondary N) is 1. The molecule has 1 N–H and O–H groups in total. The number of carbonyl (C=O) groups excluding carboxylic acids is 1. The summed E-state index contributed by atoms with van der Waals surface area (Å²) in [6.45, 7) is 6.37. The second-order valence-corrected chi connectivity index (χ2v) is 8.17. The summed E-state index contributed by atoms with van der Waals surface area (Å²) in [6.07, 6.45) is 4.07. The zero-order chi connectivity index (χ0) is 19.2. The maximum Gasteiger partial charge on any atom is 0.287 e. The lowest BCUT2D eigenvalue weighted by molar-refractivity contribution is 0.0924. The Morgan fingerprint density at radius 2 is 2.04 bits per heavy atom. The molecule has 1 aromatic heterocycles. The van der Waals surface area contributed by atoms with Crippen molar-refractivity contribution in [2.75, 3.05) is 0 Å². The molecule has 4 nitrogen and oxygen atoms in total. The third kappa shape index (κ3) is 3.39. The van der Waals surface area contributed by atoms with E-state index in [0.29, 0.717) is 17.9 Å². The number of hydrogen-bond donors (Lipinski definition) is 1. The lowest BCUT2D eigenvalue weighted by Gasteiger charge is -2.28. The molecule has 27 heavy (non-hydrogen) atoms. The molecule has 4 rings (SSSR count). The van der Waals surface area contributed by atoms with E-state index in [2.05, 4.69) is 21.2 Å². The Morgan fingerprint density at radius 3 is 2.81 bits per heavy atom. The molecule has 1 aliphatic rings. The first-order valence-electron chi connectivity index (χ1n) is 8.81. The van der Waals surface area contributed by atoms with Gasteiger partial charge in [-0.05, 0) is 56.7 Å². The highest BCUT2D eigenvalue weighted by Gasteiger charge is 2.26. The largest absolute Gasteiger partial charge is 0.483 e. The highest BCUT2D eigenvalue weighted by atomic mass is 79.9. The summed E-state index contributed by atoms with van der Waals surface area (Å²) in [7, 11) is 0. The fourth-order valence-corrected chi connectivity index (χ4v) is 3.78. The van der Waals surface area contributed by atoms with Gasteiger partial charge in [-0.1, -0.05) is 34.1 Å². The molecule has 1 aliphatic heterocycles. The summed E-state index contributed by atoms with van der Waals surface area (Å²) >= 11 is 3.44. The Labute approximate surface area is 166 Å². The van der Waals surface area contributed by atoms with Crippen LogP contribution in [0, 0.1) is 6.92 Å². The molecule has 0 saturated carbocycles. The van der Waals surface area contributed by atoms with E-state index in [1.165, 1.54) is 0 Å². The number of benzene rings is 2. The number of rotatable bonds is 3. The van der Waals surface area contributed by atoms with Gasteiger partial charge in [-0.25, -0.2) is 0 Å². The van der Waals surface area contributed by atoms with Gasteiger partial charge in [0.05, 0.1) is 0 Å². The molecule has 0 saturated heterocycles. The minimum Gasteiger partial charge on any atom is -0.483 e. The number of aryl methyl sites for hydroxylation is 1. The Kier molecular flexibility index (Phi) is 4.35. The summed E-state index contributed by atoms with van der Waals surface area (Å²) in [5, 5.41) is 3.86.